The standard InChI is InChI=1S/C34H41N3O6/c1-22-29(20-37-17-7-11-28(37)32(40)43-34(2,3)4)41-33(42-30(22)24-14-12-23(21-38)13-15-24)25-8-5-10-27(18-25)36-31(39)26-9-6-16-35-19-26/h5-6,8-10,12-16,18-19,22,28-30,33,38H,7,11,17,20-21H2,1-4H3,(H,36,39)/t22-,28-,29+,30+,33+/m0/s1. The van der Waals surface area contributed by atoms with Crippen LogP contribution in [0.15, 0.2) is 73.1 Å². The van der Waals surface area contributed by atoms with Crippen molar-refractivity contribution in [2.24, 2.45) is 5.92 Å². The molecule has 228 valence electrons. The minimum absolute atomic E-state index is 0.0334. The van der Waals surface area contributed by atoms with E-state index in [1.165, 1.54) is 6.20 Å². The number of likely N-dealkylation sites (tertiary alicyclic amines) is 1. The van der Waals surface area contributed by atoms with Gasteiger partial charge >= 0.3 is 5.97 Å². The zero-order chi connectivity index (χ0) is 30.6. The van der Waals surface area contributed by atoms with Crippen molar-refractivity contribution in [2.45, 2.75) is 77.3 Å². The van der Waals surface area contributed by atoms with Crippen LogP contribution in [0.2, 0.25) is 0 Å². The van der Waals surface area contributed by atoms with Gasteiger partial charge in [0, 0.05) is 36.1 Å². The largest absolute Gasteiger partial charge is 0.459 e. The van der Waals surface area contributed by atoms with Gasteiger partial charge in [-0.25, -0.2) is 0 Å². The number of aliphatic hydroxyl groups is 1. The average Bonchev–Trinajstić information content (AvgIpc) is 3.46. The summed E-state index contributed by atoms with van der Waals surface area (Å²) in [5.74, 6) is -0.495. The molecule has 0 aliphatic carbocycles. The Morgan fingerprint density at radius 1 is 1.07 bits per heavy atom. The van der Waals surface area contributed by atoms with Gasteiger partial charge in [0.1, 0.15) is 11.6 Å². The highest BCUT2D eigenvalue weighted by Crippen LogP contribution is 2.42. The van der Waals surface area contributed by atoms with Crippen molar-refractivity contribution in [2.75, 3.05) is 18.4 Å². The smallest absolute Gasteiger partial charge is 0.323 e. The van der Waals surface area contributed by atoms with Gasteiger partial charge in [-0.3, -0.25) is 19.5 Å². The number of carbonyl (C=O) groups is 2. The van der Waals surface area contributed by atoms with Gasteiger partial charge in [0.15, 0.2) is 6.29 Å². The van der Waals surface area contributed by atoms with Crippen LogP contribution >= 0.6 is 0 Å². The van der Waals surface area contributed by atoms with Gasteiger partial charge in [0.25, 0.3) is 5.91 Å². The van der Waals surface area contributed by atoms with E-state index in [9.17, 15) is 14.7 Å². The first kappa shape index (κ1) is 30.8. The molecule has 9 heteroatoms. The third kappa shape index (κ3) is 7.67. The van der Waals surface area contributed by atoms with E-state index in [-0.39, 0.29) is 42.7 Å². The first-order valence-electron chi connectivity index (χ1n) is 14.9. The minimum atomic E-state index is -0.707. The minimum Gasteiger partial charge on any atom is -0.459 e. The molecule has 2 saturated heterocycles. The van der Waals surface area contributed by atoms with Gasteiger partial charge in [0.2, 0.25) is 0 Å². The highest BCUT2D eigenvalue weighted by Gasteiger charge is 2.42. The van der Waals surface area contributed by atoms with Crippen LogP contribution in [0.1, 0.15) is 80.0 Å². The predicted octanol–water partition coefficient (Wildman–Crippen LogP) is 5.42. The molecule has 2 aliphatic rings. The highest BCUT2D eigenvalue weighted by atomic mass is 16.7. The number of rotatable bonds is 8. The third-order valence-electron chi connectivity index (χ3n) is 7.92. The molecule has 2 aliphatic heterocycles. The molecule has 2 aromatic carbocycles. The lowest BCUT2D eigenvalue weighted by Gasteiger charge is -2.43. The number of benzene rings is 2. The molecule has 3 aromatic rings. The van der Waals surface area contributed by atoms with E-state index in [4.69, 9.17) is 14.2 Å². The van der Waals surface area contributed by atoms with Crippen molar-refractivity contribution in [3.05, 3.63) is 95.3 Å². The fourth-order valence-corrected chi connectivity index (χ4v) is 5.70. The number of hydrogen-bond acceptors (Lipinski definition) is 8. The predicted molar refractivity (Wildman–Crippen MR) is 162 cm³/mol. The van der Waals surface area contributed by atoms with Crippen LogP contribution in [0.4, 0.5) is 5.69 Å². The molecule has 5 atom stereocenters. The number of amides is 1. The number of ether oxygens (including phenoxy) is 3. The number of anilines is 1. The Morgan fingerprint density at radius 3 is 2.56 bits per heavy atom. The van der Waals surface area contributed by atoms with E-state index >= 15 is 0 Å². The number of carbonyl (C=O) groups excluding carboxylic acids is 2. The zero-order valence-electron chi connectivity index (χ0n) is 25.2. The van der Waals surface area contributed by atoms with Gasteiger partial charge in [-0.1, -0.05) is 43.3 Å². The number of aliphatic hydroxyl groups excluding tert-OH is 1. The lowest BCUT2D eigenvalue weighted by atomic mass is 9.90. The Morgan fingerprint density at radius 2 is 1.86 bits per heavy atom. The van der Waals surface area contributed by atoms with E-state index in [0.717, 1.165) is 36.1 Å². The second-order valence-corrected chi connectivity index (χ2v) is 12.3. The summed E-state index contributed by atoms with van der Waals surface area (Å²) < 4.78 is 19.0. The van der Waals surface area contributed by atoms with Gasteiger partial charge in [-0.2, -0.15) is 0 Å². The summed E-state index contributed by atoms with van der Waals surface area (Å²) in [6.45, 7) is 9.07. The Labute approximate surface area is 253 Å². The van der Waals surface area contributed by atoms with Crippen molar-refractivity contribution >= 4 is 17.6 Å². The van der Waals surface area contributed by atoms with Crippen molar-refractivity contribution < 1.29 is 28.9 Å². The summed E-state index contributed by atoms with van der Waals surface area (Å²) in [7, 11) is 0. The fourth-order valence-electron chi connectivity index (χ4n) is 5.70. The molecule has 2 fully saturated rings. The first-order chi connectivity index (χ1) is 20.6. The van der Waals surface area contributed by atoms with Crippen molar-refractivity contribution in [1.29, 1.82) is 0 Å². The highest BCUT2D eigenvalue weighted by molar-refractivity contribution is 6.04. The first-order valence-corrected chi connectivity index (χ1v) is 14.9. The molecule has 0 spiro atoms. The third-order valence-corrected chi connectivity index (χ3v) is 7.92. The maximum absolute atomic E-state index is 13.1. The van der Waals surface area contributed by atoms with Gasteiger partial charge < -0.3 is 24.6 Å². The summed E-state index contributed by atoms with van der Waals surface area (Å²) in [6.07, 6.45) is 3.55. The molecular formula is C34H41N3O6. The number of hydrogen-bond donors (Lipinski definition) is 2. The molecule has 0 bridgehead atoms. The zero-order valence-corrected chi connectivity index (χ0v) is 25.2. The molecule has 0 unspecified atom stereocenters. The Kier molecular flexibility index (Phi) is 9.56. The Hall–Kier alpha value is -3.63. The summed E-state index contributed by atoms with van der Waals surface area (Å²) in [4.78, 5) is 32.0. The van der Waals surface area contributed by atoms with Crippen LogP contribution in [-0.2, 0) is 25.6 Å². The van der Waals surface area contributed by atoms with Crippen molar-refractivity contribution in [3.8, 4) is 0 Å². The molecule has 5 rings (SSSR count). The lowest BCUT2D eigenvalue weighted by Crippen LogP contribution is -2.48. The van der Waals surface area contributed by atoms with Gasteiger partial charge in [-0.05, 0) is 75.5 Å². The normalized spacial score (nSPS) is 24.4. The average molecular weight is 588 g/mol. The van der Waals surface area contributed by atoms with Gasteiger partial charge in [-0.15, -0.1) is 0 Å². The topological polar surface area (TPSA) is 110 Å². The number of nitrogens with one attached hydrogen (secondary N) is 1. The molecule has 0 saturated carbocycles. The Balaban J connectivity index is 1.39. The van der Waals surface area contributed by atoms with Crippen LogP contribution in [0.5, 0.6) is 0 Å². The van der Waals surface area contributed by atoms with Crippen LogP contribution < -0.4 is 5.32 Å². The molecule has 43 heavy (non-hydrogen) atoms. The summed E-state index contributed by atoms with van der Waals surface area (Å²) >= 11 is 0. The summed E-state index contributed by atoms with van der Waals surface area (Å²) in [5.41, 5.74) is 3.09. The van der Waals surface area contributed by atoms with Crippen LogP contribution in [-0.4, -0.2) is 57.7 Å². The molecular weight excluding hydrogens is 546 g/mol. The molecule has 2 N–H and O–H groups in total. The van der Waals surface area contributed by atoms with Crippen molar-refractivity contribution in [1.82, 2.24) is 9.88 Å². The molecule has 9 nitrogen and oxygen atoms in total. The van der Waals surface area contributed by atoms with E-state index in [1.807, 2.05) is 69.3 Å². The van der Waals surface area contributed by atoms with E-state index in [1.54, 1.807) is 18.3 Å². The molecule has 3 heterocycles. The lowest BCUT2D eigenvalue weighted by molar-refractivity contribution is -0.276. The quantitative estimate of drug-likeness (QED) is 0.336. The maximum atomic E-state index is 13.1. The second-order valence-electron chi connectivity index (χ2n) is 12.3. The summed E-state index contributed by atoms with van der Waals surface area (Å²) in [5, 5.41) is 12.5. The van der Waals surface area contributed by atoms with Gasteiger partial charge in [0.05, 0.1) is 24.4 Å². The monoisotopic (exact) mass is 587 g/mol. The molecule has 1 aromatic heterocycles. The van der Waals surface area contributed by atoms with E-state index < -0.39 is 11.9 Å². The summed E-state index contributed by atoms with van der Waals surface area (Å²) in [6, 6.07) is 18.3. The number of esters is 1. The molecule has 1 amide bonds. The SMILES string of the molecule is C[C@H]1[C@@H](CN2CCC[C@H]2C(=O)OC(C)(C)C)O[C@@H](c2cccc(NC(=O)c3cccnc3)c2)O[C@H]1c1ccc(CO)cc1. The number of pyridine rings is 1. The fraction of sp³-hybridized carbons (Fsp3) is 0.441. The Bertz CT molecular complexity index is 1390. The molecule has 0 radical (unpaired) electrons. The maximum Gasteiger partial charge on any atom is 0.323 e. The van der Waals surface area contributed by atoms with Crippen LogP contribution in [0, 0.1) is 5.92 Å². The number of aromatic nitrogens is 1. The number of nitrogens with zero attached hydrogens (tertiary/aromatic N) is 2. The second kappa shape index (κ2) is 13.3. The van der Waals surface area contributed by atoms with E-state index in [2.05, 4.69) is 22.1 Å². The van der Waals surface area contributed by atoms with E-state index in [0.29, 0.717) is 17.8 Å². The van der Waals surface area contributed by atoms with Crippen LogP contribution in [0.3, 0.4) is 0 Å². The van der Waals surface area contributed by atoms with Crippen LogP contribution in [0.25, 0.3) is 0 Å². The van der Waals surface area contributed by atoms with Crippen molar-refractivity contribution in [3.63, 3.8) is 0 Å².